The van der Waals surface area contributed by atoms with Crippen molar-refractivity contribution in [1.29, 1.82) is 5.26 Å². The Morgan fingerprint density at radius 1 is 1.36 bits per heavy atom. The molecule has 5 heteroatoms. The van der Waals surface area contributed by atoms with Crippen molar-refractivity contribution in [3.05, 3.63) is 53.9 Å². The Labute approximate surface area is 129 Å². The second-order valence-corrected chi connectivity index (χ2v) is 5.61. The summed E-state index contributed by atoms with van der Waals surface area (Å²) in [4.78, 5) is 14.4. The minimum absolute atomic E-state index is 0.140. The van der Waals surface area contributed by atoms with E-state index in [-0.39, 0.29) is 11.9 Å². The summed E-state index contributed by atoms with van der Waals surface area (Å²) in [6.45, 7) is 1.53. The minimum atomic E-state index is 0.140. The summed E-state index contributed by atoms with van der Waals surface area (Å²) in [5.74, 6) is 0.140. The highest BCUT2D eigenvalue weighted by atomic mass is 16.2. The van der Waals surface area contributed by atoms with Gasteiger partial charge in [0.1, 0.15) is 0 Å². The van der Waals surface area contributed by atoms with E-state index in [9.17, 15) is 4.79 Å². The molecule has 1 saturated heterocycles. The molecule has 1 aliphatic heterocycles. The van der Waals surface area contributed by atoms with E-state index in [4.69, 9.17) is 5.26 Å². The Balaban J connectivity index is 1.63. The molecule has 2 aromatic rings. The van der Waals surface area contributed by atoms with Gasteiger partial charge in [-0.3, -0.25) is 9.48 Å². The third-order valence-corrected chi connectivity index (χ3v) is 4.09. The molecule has 1 fully saturated rings. The van der Waals surface area contributed by atoms with Crippen molar-refractivity contribution in [2.24, 2.45) is 0 Å². The number of hydrogen-bond acceptors (Lipinski definition) is 3. The first-order valence-corrected chi connectivity index (χ1v) is 7.52. The number of amides is 1. The normalized spacial score (nSPS) is 18.0. The molecular formula is C17H18N4O. The number of piperidine rings is 1. The van der Waals surface area contributed by atoms with Gasteiger partial charge in [-0.25, -0.2) is 0 Å². The van der Waals surface area contributed by atoms with E-state index < -0.39 is 0 Å². The number of nitriles is 1. The second kappa shape index (κ2) is 6.44. The molecule has 1 aromatic carbocycles. The number of carbonyl (C=O) groups is 1. The lowest BCUT2D eigenvalue weighted by molar-refractivity contribution is -0.132. The van der Waals surface area contributed by atoms with Crippen LogP contribution in [0.4, 0.5) is 0 Å². The number of hydrogen-bond donors (Lipinski definition) is 0. The van der Waals surface area contributed by atoms with Crippen LogP contribution in [-0.4, -0.2) is 33.7 Å². The van der Waals surface area contributed by atoms with Crippen LogP contribution in [0.1, 0.15) is 30.0 Å². The van der Waals surface area contributed by atoms with Gasteiger partial charge in [0.15, 0.2) is 0 Å². The van der Waals surface area contributed by atoms with Crippen LogP contribution in [-0.2, 0) is 11.2 Å². The van der Waals surface area contributed by atoms with Crippen LogP contribution in [0.3, 0.4) is 0 Å². The molecular weight excluding hydrogens is 276 g/mol. The fraction of sp³-hybridized carbons (Fsp3) is 0.353. The lowest BCUT2D eigenvalue weighted by Gasteiger charge is -2.33. The Hall–Kier alpha value is -2.61. The van der Waals surface area contributed by atoms with Gasteiger partial charge in [-0.1, -0.05) is 12.1 Å². The summed E-state index contributed by atoms with van der Waals surface area (Å²) in [6.07, 6.45) is 6.18. The number of benzene rings is 1. The lowest BCUT2D eigenvalue weighted by atomic mass is 10.0. The maximum Gasteiger partial charge on any atom is 0.227 e. The molecule has 22 heavy (non-hydrogen) atoms. The van der Waals surface area contributed by atoms with Gasteiger partial charge in [0, 0.05) is 25.5 Å². The Bertz CT molecular complexity index is 670. The van der Waals surface area contributed by atoms with Gasteiger partial charge in [-0.15, -0.1) is 0 Å². The zero-order valence-corrected chi connectivity index (χ0v) is 12.4. The van der Waals surface area contributed by atoms with Crippen LogP contribution in [0, 0.1) is 11.3 Å². The van der Waals surface area contributed by atoms with Crippen molar-refractivity contribution < 1.29 is 4.79 Å². The predicted molar refractivity (Wildman–Crippen MR) is 81.9 cm³/mol. The summed E-state index contributed by atoms with van der Waals surface area (Å²) < 4.78 is 1.95. The lowest BCUT2D eigenvalue weighted by Crippen LogP contribution is -2.41. The highest BCUT2D eigenvalue weighted by Gasteiger charge is 2.24. The van der Waals surface area contributed by atoms with Gasteiger partial charge in [0.2, 0.25) is 5.91 Å². The molecule has 0 N–H and O–H groups in total. The van der Waals surface area contributed by atoms with E-state index in [1.807, 2.05) is 34.0 Å². The molecule has 0 saturated carbocycles. The third-order valence-electron chi connectivity index (χ3n) is 4.09. The average Bonchev–Trinajstić information content (AvgIpc) is 3.10. The molecule has 3 rings (SSSR count). The molecule has 112 valence electrons. The van der Waals surface area contributed by atoms with Crippen LogP contribution in [0.15, 0.2) is 42.7 Å². The van der Waals surface area contributed by atoms with Gasteiger partial charge in [0.25, 0.3) is 0 Å². The third kappa shape index (κ3) is 3.17. The van der Waals surface area contributed by atoms with E-state index in [0.717, 1.165) is 31.5 Å². The summed E-state index contributed by atoms with van der Waals surface area (Å²) in [5, 5.41) is 13.1. The van der Waals surface area contributed by atoms with Crippen molar-refractivity contribution >= 4 is 5.91 Å². The zero-order chi connectivity index (χ0) is 15.4. The predicted octanol–water partition coefficient (Wildman–Crippen LogP) is 2.16. The molecule has 2 heterocycles. The van der Waals surface area contributed by atoms with E-state index in [2.05, 4.69) is 11.2 Å². The van der Waals surface area contributed by atoms with Crippen LogP contribution in [0.2, 0.25) is 0 Å². The summed E-state index contributed by atoms with van der Waals surface area (Å²) in [5.41, 5.74) is 1.57. The van der Waals surface area contributed by atoms with Gasteiger partial charge < -0.3 is 4.90 Å². The highest BCUT2D eigenvalue weighted by Crippen LogP contribution is 2.21. The van der Waals surface area contributed by atoms with Gasteiger partial charge in [-0.05, 0) is 36.6 Å². The minimum Gasteiger partial charge on any atom is -0.340 e. The molecule has 5 nitrogen and oxygen atoms in total. The topological polar surface area (TPSA) is 61.9 Å². The Kier molecular flexibility index (Phi) is 4.19. The fourth-order valence-corrected chi connectivity index (χ4v) is 2.88. The van der Waals surface area contributed by atoms with E-state index in [1.54, 1.807) is 18.3 Å². The Morgan fingerprint density at radius 2 is 2.18 bits per heavy atom. The van der Waals surface area contributed by atoms with E-state index in [1.165, 1.54) is 0 Å². The number of carbonyl (C=O) groups excluding carboxylic acids is 1. The van der Waals surface area contributed by atoms with E-state index >= 15 is 0 Å². The molecule has 1 aromatic heterocycles. The largest absolute Gasteiger partial charge is 0.340 e. The number of aromatic nitrogens is 2. The molecule has 1 aliphatic rings. The Morgan fingerprint density at radius 3 is 2.86 bits per heavy atom. The monoisotopic (exact) mass is 294 g/mol. The van der Waals surface area contributed by atoms with Gasteiger partial charge >= 0.3 is 0 Å². The summed E-state index contributed by atoms with van der Waals surface area (Å²) >= 11 is 0. The smallest absolute Gasteiger partial charge is 0.227 e. The second-order valence-electron chi connectivity index (χ2n) is 5.61. The number of rotatable bonds is 3. The molecule has 0 unspecified atom stereocenters. The SMILES string of the molecule is N#Cc1ccc(CC(=O)N2CCC[C@H](n3cccn3)C2)cc1. The quantitative estimate of drug-likeness (QED) is 0.871. The average molecular weight is 294 g/mol. The molecule has 0 spiro atoms. The van der Waals surface area contributed by atoms with Crippen molar-refractivity contribution in [3.8, 4) is 6.07 Å². The first-order valence-electron chi connectivity index (χ1n) is 7.52. The van der Waals surface area contributed by atoms with Crippen LogP contribution in [0.5, 0.6) is 0 Å². The molecule has 0 bridgehead atoms. The molecule has 1 amide bonds. The number of nitrogens with zero attached hydrogens (tertiary/aromatic N) is 4. The molecule has 0 aliphatic carbocycles. The maximum absolute atomic E-state index is 12.5. The first kappa shape index (κ1) is 14.3. The van der Waals surface area contributed by atoms with E-state index in [0.29, 0.717) is 12.0 Å². The summed E-state index contributed by atoms with van der Waals surface area (Å²) in [7, 11) is 0. The standard InChI is InChI=1S/C17H18N4O/c18-12-15-6-4-14(5-7-15)11-17(22)20-9-1-3-16(13-20)21-10-2-8-19-21/h2,4-8,10,16H,1,3,9,11,13H2/t16-/m0/s1. The first-order chi connectivity index (χ1) is 10.8. The van der Waals surface area contributed by atoms with Crippen molar-refractivity contribution in [2.75, 3.05) is 13.1 Å². The molecule has 1 atom stereocenters. The van der Waals surface area contributed by atoms with Crippen molar-refractivity contribution in [1.82, 2.24) is 14.7 Å². The van der Waals surface area contributed by atoms with Crippen LogP contribution < -0.4 is 0 Å². The van der Waals surface area contributed by atoms with Gasteiger partial charge in [-0.2, -0.15) is 10.4 Å². The summed E-state index contributed by atoms with van der Waals surface area (Å²) in [6, 6.07) is 11.5. The van der Waals surface area contributed by atoms with Crippen molar-refractivity contribution in [2.45, 2.75) is 25.3 Å². The number of likely N-dealkylation sites (tertiary alicyclic amines) is 1. The maximum atomic E-state index is 12.5. The zero-order valence-electron chi connectivity index (χ0n) is 12.4. The van der Waals surface area contributed by atoms with Crippen LogP contribution in [0.25, 0.3) is 0 Å². The van der Waals surface area contributed by atoms with Crippen LogP contribution >= 0.6 is 0 Å². The van der Waals surface area contributed by atoms with Gasteiger partial charge in [0.05, 0.1) is 24.1 Å². The van der Waals surface area contributed by atoms with Crippen molar-refractivity contribution in [3.63, 3.8) is 0 Å². The molecule has 0 radical (unpaired) electrons. The highest BCUT2D eigenvalue weighted by molar-refractivity contribution is 5.79. The fourth-order valence-electron chi connectivity index (χ4n) is 2.88.